The van der Waals surface area contributed by atoms with Crippen LogP contribution < -0.4 is 11.1 Å². The maximum absolute atomic E-state index is 11.8. The van der Waals surface area contributed by atoms with Crippen LogP contribution in [0, 0.1) is 0 Å². The summed E-state index contributed by atoms with van der Waals surface area (Å²) in [6.07, 6.45) is 0. The summed E-state index contributed by atoms with van der Waals surface area (Å²) < 4.78 is 11.7. The van der Waals surface area contributed by atoms with Crippen molar-refractivity contribution in [2.24, 2.45) is 5.73 Å². The largest absolute Gasteiger partial charge is 0.459 e. The Bertz CT molecular complexity index is 626. The zero-order chi connectivity index (χ0) is 14.8. The van der Waals surface area contributed by atoms with E-state index in [0.717, 1.165) is 9.86 Å². The maximum Gasteiger partial charge on any atom is 0.245 e. The van der Waals surface area contributed by atoms with Crippen molar-refractivity contribution in [3.05, 3.63) is 34.5 Å². The molecule has 1 aromatic carbocycles. The molecule has 1 aromatic heterocycles. The summed E-state index contributed by atoms with van der Waals surface area (Å²) in [5, 5.41) is 4.00. The Morgan fingerprint density at radius 1 is 1.50 bits per heavy atom. The summed E-state index contributed by atoms with van der Waals surface area (Å²) in [6.45, 7) is 2.68. The number of amides is 1. The average molecular weight is 341 g/mol. The molecule has 1 atom stereocenters. The van der Waals surface area contributed by atoms with E-state index in [1.807, 2.05) is 24.3 Å². The SMILES string of the molecule is COCCNC(C)(C(N)=O)c1cc2cc(Br)ccc2o1. The van der Waals surface area contributed by atoms with Gasteiger partial charge in [-0.05, 0) is 31.2 Å². The fourth-order valence-corrected chi connectivity index (χ4v) is 2.34. The molecule has 5 nitrogen and oxygen atoms in total. The topological polar surface area (TPSA) is 77.5 Å². The second-order valence-corrected chi connectivity index (χ2v) is 5.62. The van der Waals surface area contributed by atoms with E-state index in [4.69, 9.17) is 14.9 Å². The van der Waals surface area contributed by atoms with Crippen LogP contribution >= 0.6 is 15.9 Å². The molecule has 2 rings (SSSR count). The Morgan fingerprint density at radius 3 is 2.90 bits per heavy atom. The van der Waals surface area contributed by atoms with Gasteiger partial charge in [-0.1, -0.05) is 15.9 Å². The molecule has 0 fully saturated rings. The molecule has 2 aromatic rings. The quantitative estimate of drug-likeness (QED) is 0.789. The highest BCUT2D eigenvalue weighted by atomic mass is 79.9. The van der Waals surface area contributed by atoms with Crippen LogP contribution in [0.2, 0.25) is 0 Å². The zero-order valence-electron chi connectivity index (χ0n) is 11.4. The van der Waals surface area contributed by atoms with Gasteiger partial charge in [-0.3, -0.25) is 10.1 Å². The van der Waals surface area contributed by atoms with Crippen LogP contribution in [-0.2, 0) is 15.1 Å². The first-order valence-electron chi connectivity index (χ1n) is 6.21. The lowest BCUT2D eigenvalue weighted by Crippen LogP contribution is -2.51. The number of halogens is 1. The van der Waals surface area contributed by atoms with E-state index >= 15 is 0 Å². The number of methoxy groups -OCH3 is 1. The second-order valence-electron chi connectivity index (χ2n) is 4.70. The number of primary amides is 1. The van der Waals surface area contributed by atoms with Gasteiger partial charge in [0.15, 0.2) is 5.54 Å². The summed E-state index contributed by atoms with van der Waals surface area (Å²) >= 11 is 3.41. The Hall–Kier alpha value is -1.37. The van der Waals surface area contributed by atoms with Crippen molar-refractivity contribution >= 4 is 32.8 Å². The molecule has 0 aliphatic heterocycles. The van der Waals surface area contributed by atoms with Crippen LogP contribution in [0.3, 0.4) is 0 Å². The molecular formula is C14H17BrN2O3. The van der Waals surface area contributed by atoms with Gasteiger partial charge in [0.2, 0.25) is 5.91 Å². The van der Waals surface area contributed by atoms with Crippen molar-refractivity contribution in [3.63, 3.8) is 0 Å². The molecule has 108 valence electrons. The Balaban J connectivity index is 2.38. The number of carbonyl (C=O) groups is 1. The van der Waals surface area contributed by atoms with Crippen molar-refractivity contribution < 1.29 is 13.9 Å². The van der Waals surface area contributed by atoms with Gasteiger partial charge in [-0.2, -0.15) is 0 Å². The van der Waals surface area contributed by atoms with Gasteiger partial charge >= 0.3 is 0 Å². The summed E-state index contributed by atoms with van der Waals surface area (Å²) in [7, 11) is 1.60. The predicted molar refractivity (Wildman–Crippen MR) is 80.3 cm³/mol. The molecule has 0 aliphatic rings. The molecule has 0 aliphatic carbocycles. The first-order valence-corrected chi connectivity index (χ1v) is 7.00. The van der Waals surface area contributed by atoms with E-state index in [1.54, 1.807) is 14.0 Å². The Morgan fingerprint density at radius 2 is 2.25 bits per heavy atom. The van der Waals surface area contributed by atoms with Crippen LogP contribution in [0.4, 0.5) is 0 Å². The number of nitrogens with two attached hydrogens (primary N) is 1. The minimum absolute atomic E-state index is 0.481. The molecule has 1 unspecified atom stereocenters. The summed E-state index contributed by atoms with van der Waals surface area (Å²) in [4.78, 5) is 11.8. The van der Waals surface area contributed by atoms with E-state index < -0.39 is 11.4 Å². The Labute approximate surface area is 125 Å². The maximum atomic E-state index is 11.8. The number of ether oxygens (including phenoxy) is 1. The number of furan rings is 1. The lowest BCUT2D eigenvalue weighted by molar-refractivity contribution is -0.124. The third-order valence-corrected chi connectivity index (χ3v) is 3.74. The fraction of sp³-hybridized carbons (Fsp3) is 0.357. The van der Waals surface area contributed by atoms with Crippen LogP contribution in [-0.4, -0.2) is 26.2 Å². The molecule has 1 amide bonds. The van der Waals surface area contributed by atoms with Crippen molar-refractivity contribution in [2.75, 3.05) is 20.3 Å². The van der Waals surface area contributed by atoms with Crippen molar-refractivity contribution in [2.45, 2.75) is 12.5 Å². The van der Waals surface area contributed by atoms with Crippen molar-refractivity contribution in [3.8, 4) is 0 Å². The lowest BCUT2D eigenvalue weighted by Gasteiger charge is -2.25. The molecule has 1 heterocycles. The zero-order valence-corrected chi connectivity index (χ0v) is 13.0. The Kier molecular flexibility index (Phi) is 4.47. The lowest BCUT2D eigenvalue weighted by atomic mass is 9.97. The second kappa shape index (κ2) is 5.95. The molecular weight excluding hydrogens is 324 g/mol. The van der Waals surface area contributed by atoms with E-state index in [2.05, 4.69) is 21.2 Å². The van der Waals surface area contributed by atoms with Crippen LogP contribution in [0.5, 0.6) is 0 Å². The van der Waals surface area contributed by atoms with E-state index in [1.165, 1.54) is 0 Å². The summed E-state index contributed by atoms with van der Waals surface area (Å²) in [5.74, 6) is 0.000859. The third kappa shape index (κ3) is 2.87. The molecule has 0 saturated heterocycles. The van der Waals surface area contributed by atoms with Crippen LogP contribution in [0.1, 0.15) is 12.7 Å². The highest BCUT2D eigenvalue weighted by molar-refractivity contribution is 9.10. The molecule has 20 heavy (non-hydrogen) atoms. The highest BCUT2D eigenvalue weighted by Crippen LogP contribution is 2.29. The molecule has 0 radical (unpaired) electrons. The van der Waals surface area contributed by atoms with E-state index in [0.29, 0.717) is 24.5 Å². The van der Waals surface area contributed by atoms with E-state index in [9.17, 15) is 4.79 Å². The van der Waals surface area contributed by atoms with Gasteiger partial charge in [0.1, 0.15) is 11.3 Å². The summed E-state index contributed by atoms with van der Waals surface area (Å²) in [6, 6.07) is 7.48. The van der Waals surface area contributed by atoms with Crippen molar-refractivity contribution in [1.29, 1.82) is 0 Å². The first kappa shape index (κ1) is 15.0. The fourth-order valence-electron chi connectivity index (χ4n) is 1.96. The molecule has 0 bridgehead atoms. The number of carbonyl (C=O) groups excluding carboxylic acids is 1. The third-order valence-electron chi connectivity index (χ3n) is 3.25. The number of hydrogen-bond donors (Lipinski definition) is 2. The molecule has 0 saturated carbocycles. The molecule has 0 spiro atoms. The number of benzene rings is 1. The number of hydrogen-bond acceptors (Lipinski definition) is 4. The monoisotopic (exact) mass is 340 g/mol. The molecule has 6 heteroatoms. The van der Waals surface area contributed by atoms with Crippen LogP contribution in [0.25, 0.3) is 11.0 Å². The first-order chi connectivity index (χ1) is 9.47. The standard InChI is InChI=1S/C14H17BrN2O3/c1-14(13(16)18,17-5-6-19-2)12-8-9-7-10(15)3-4-11(9)20-12/h3-4,7-8,17H,5-6H2,1-2H3,(H2,16,18). The van der Waals surface area contributed by atoms with Crippen molar-refractivity contribution in [1.82, 2.24) is 5.32 Å². The van der Waals surface area contributed by atoms with Gasteiger partial charge in [0.05, 0.1) is 6.61 Å². The minimum Gasteiger partial charge on any atom is -0.459 e. The van der Waals surface area contributed by atoms with Crippen LogP contribution in [0.15, 0.2) is 33.2 Å². The summed E-state index contributed by atoms with van der Waals surface area (Å²) in [5.41, 5.74) is 5.17. The molecule has 3 N–H and O–H groups in total. The van der Waals surface area contributed by atoms with Gasteiger partial charge < -0.3 is 14.9 Å². The highest BCUT2D eigenvalue weighted by Gasteiger charge is 2.36. The number of nitrogens with one attached hydrogen (secondary N) is 1. The van der Waals surface area contributed by atoms with Gasteiger partial charge in [-0.25, -0.2) is 0 Å². The predicted octanol–water partition coefficient (Wildman–Crippen LogP) is 2.13. The number of fused-ring (bicyclic) bond motifs is 1. The normalized spacial score (nSPS) is 14.3. The van der Waals surface area contributed by atoms with E-state index in [-0.39, 0.29) is 0 Å². The van der Waals surface area contributed by atoms with Gasteiger partial charge in [0, 0.05) is 23.5 Å². The van der Waals surface area contributed by atoms with Gasteiger partial charge in [0.25, 0.3) is 0 Å². The smallest absolute Gasteiger partial charge is 0.245 e. The average Bonchev–Trinajstić information content (AvgIpc) is 2.81. The van der Waals surface area contributed by atoms with Gasteiger partial charge in [-0.15, -0.1) is 0 Å². The number of rotatable bonds is 6. The minimum atomic E-state index is -1.07.